The largest absolute Gasteiger partial charge is 0.370 e. The third-order valence-electron chi connectivity index (χ3n) is 2.72. The smallest absolute Gasteiger partial charge is 0.118 e. The van der Waals surface area contributed by atoms with Gasteiger partial charge in [0, 0.05) is 16.1 Å². The number of nitrogens with one attached hydrogen (secondary N) is 1. The molecule has 1 aliphatic rings. The fraction of sp³-hybridized carbons (Fsp3) is 0.417. The van der Waals surface area contributed by atoms with Crippen molar-refractivity contribution in [3.8, 4) is 6.07 Å². The lowest BCUT2D eigenvalue weighted by molar-refractivity contribution is 0.565. The first-order valence-corrected chi connectivity index (χ1v) is 7.24. The number of nitriles is 1. The Morgan fingerprint density at radius 3 is 3.06 bits per heavy atom. The van der Waals surface area contributed by atoms with E-state index < -0.39 is 0 Å². The highest BCUT2D eigenvalue weighted by atomic mass is 79.9. The van der Waals surface area contributed by atoms with Gasteiger partial charge < -0.3 is 5.32 Å². The van der Waals surface area contributed by atoms with Crippen LogP contribution >= 0.6 is 27.7 Å². The monoisotopic (exact) mass is 296 g/mol. The second-order valence-corrected chi connectivity index (χ2v) is 5.95. The van der Waals surface area contributed by atoms with Crippen LogP contribution in [0.1, 0.15) is 6.42 Å². The van der Waals surface area contributed by atoms with Crippen molar-refractivity contribution in [2.24, 2.45) is 5.92 Å². The van der Waals surface area contributed by atoms with Crippen molar-refractivity contribution in [2.45, 2.75) is 12.5 Å². The molecule has 2 rings (SSSR count). The van der Waals surface area contributed by atoms with E-state index >= 15 is 0 Å². The fourth-order valence-electron chi connectivity index (χ4n) is 1.83. The Bertz CT molecular complexity index is 396. The van der Waals surface area contributed by atoms with E-state index in [-0.39, 0.29) is 6.04 Å². The molecule has 1 N–H and O–H groups in total. The summed E-state index contributed by atoms with van der Waals surface area (Å²) in [7, 11) is 0. The number of benzene rings is 1. The minimum atomic E-state index is -0.0655. The topological polar surface area (TPSA) is 35.8 Å². The molecule has 0 radical (unpaired) electrons. The Balaban J connectivity index is 2.04. The minimum absolute atomic E-state index is 0.0655. The Morgan fingerprint density at radius 2 is 2.44 bits per heavy atom. The summed E-state index contributed by atoms with van der Waals surface area (Å²) in [6.45, 7) is 0. The highest BCUT2D eigenvalue weighted by Gasteiger charge is 2.25. The zero-order valence-electron chi connectivity index (χ0n) is 8.82. The summed E-state index contributed by atoms with van der Waals surface area (Å²) in [6.07, 6.45) is 1.14. The molecule has 1 aliphatic heterocycles. The average molecular weight is 297 g/mol. The predicted octanol–water partition coefficient (Wildman–Crippen LogP) is 3.51. The second-order valence-electron chi connectivity index (χ2n) is 3.89. The van der Waals surface area contributed by atoms with E-state index in [0.29, 0.717) is 5.92 Å². The summed E-state index contributed by atoms with van der Waals surface area (Å²) in [5.41, 5.74) is 1.01. The molecule has 0 amide bonds. The van der Waals surface area contributed by atoms with E-state index in [1.54, 1.807) is 0 Å². The van der Waals surface area contributed by atoms with Gasteiger partial charge in [0.1, 0.15) is 6.04 Å². The number of anilines is 1. The van der Waals surface area contributed by atoms with Gasteiger partial charge in [-0.05, 0) is 36.1 Å². The quantitative estimate of drug-likeness (QED) is 0.927. The Kier molecular flexibility index (Phi) is 4.14. The van der Waals surface area contributed by atoms with Crippen LogP contribution in [0.5, 0.6) is 0 Å². The van der Waals surface area contributed by atoms with Gasteiger partial charge in [-0.15, -0.1) is 0 Å². The molecule has 1 saturated heterocycles. The van der Waals surface area contributed by atoms with Gasteiger partial charge in [-0.2, -0.15) is 17.0 Å². The lowest BCUT2D eigenvalue weighted by Crippen LogP contribution is -2.27. The molecule has 1 aromatic carbocycles. The van der Waals surface area contributed by atoms with Gasteiger partial charge in [0.15, 0.2) is 0 Å². The minimum Gasteiger partial charge on any atom is -0.370 e. The van der Waals surface area contributed by atoms with Crippen LogP contribution in [-0.2, 0) is 0 Å². The van der Waals surface area contributed by atoms with E-state index in [1.807, 2.05) is 36.0 Å². The highest BCUT2D eigenvalue weighted by molar-refractivity contribution is 9.10. The lowest BCUT2D eigenvalue weighted by atomic mass is 10.0. The van der Waals surface area contributed by atoms with Gasteiger partial charge in [0.05, 0.1) is 6.07 Å². The van der Waals surface area contributed by atoms with Gasteiger partial charge >= 0.3 is 0 Å². The number of hydrogen-bond acceptors (Lipinski definition) is 3. The van der Waals surface area contributed by atoms with Crippen molar-refractivity contribution >= 4 is 33.4 Å². The van der Waals surface area contributed by atoms with Gasteiger partial charge in [-0.3, -0.25) is 0 Å². The average Bonchev–Trinajstić information content (AvgIpc) is 2.79. The van der Waals surface area contributed by atoms with Gasteiger partial charge in [-0.25, -0.2) is 0 Å². The summed E-state index contributed by atoms with van der Waals surface area (Å²) in [5, 5.41) is 12.5. The number of hydrogen-bond donors (Lipinski definition) is 1. The molecule has 1 heterocycles. The summed E-state index contributed by atoms with van der Waals surface area (Å²) in [6, 6.07) is 10.3. The maximum atomic E-state index is 9.18. The van der Waals surface area contributed by atoms with E-state index in [1.165, 1.54) is 5.75 Å². The zero-order chi connectivity index (χ0) is 11.4. The number of thioether (sulfide) groups is 1. The number of halogens is 1. The van der Waals surface area contributed by atoms with Crippen LogP contribution in [0.15, 0.2) is 28.7 Å². The molecule has 2 atom stereocenters. The molecular formula is C12H13BrN2S. The van der Waals surface area contributed by atoms with Gasteiger partial charge in [-0.1, -0.05) is 22.0 Å². The third-order valence-corrected chi connectivity index (χ3v) is 4.40. The van der Waals surface area contributed by atoms with Crippen LogP contribution < -0.4 is 5.32 Å². The van der Waals surface area contributed by atoms with E-state index in [9.17, 15) is 5.26 Å². The Labute approximate surface area is 109 Å². The molecule has 84 valence electrons. The van der Waals surface area contributed by atoms with Crippen molar-refractivity contribution in [2.75, 3.05) is 16.8 Å². The zero-order valence-corrected chi connectivity index (χ0v) is 11.2. The summed E-state index contributed by atoms with van der Waals surface area (Å²) in [4.78, 5) is 0. The number of nitrogens with zero attached hydrogens (tertiary/aromatic N) is 1. The molecule has 0 saturated carbocycles. The van der Waals surface area contributed by atoms with Crippen molar-refractivity contribution in [3.05, 3.63) is 28.7 Å². The van der Waals surface area contributed by atoms with Crippen LogP contribution in [0.4, 0.5) is 5.69 Å². The predicted molar refractivity (Wildman–Crippen MR) is 72.6 cm³/mol. The van der Waals surface area contributed by atoms with Crippen molar-refractivity contribution in [3.63, 3.8) is 0 Å². The summed E-state index contributed by atoms with van der Waals surface area (Å²) in [5.74, 6) is 2.76. The lowest BCUT2D eigenvalue weighted by Gasteiger charge is -2.18. The molecule has 16 heavy (non-hydrogen) atoms. The first-order chi connectivity index (χ1) is 7.79. The second kappa shape index (κ2) is 5.60. The summed E-state index contributed by atoms with van der Waals surface area (Å²) >= 11 is 5.37. The van der Waals surface area contributed by atoms with Crippen molar-refractivity contribution < 1.29 is 0 Å². The van der Waals surface area contributed by atoms with Crippen molar-refractivity contribution in [1.29, 1.82) is 5.26 Å². The molecule has 4 heteroatoms. The van der Waals surface area contributed by atoms with Gasteiger partial charge in [0.2, 0.25) is 0 Å². The normalized spacial score (nSPS) is 21.4. The highest BCUT2D eigenvalue weighted by Crippen LogP contribution is 2.28. The maximum Gasteiger partial charge on any atom is 0.118 e. The van der Waals surface area contributed by atoms with Crippen LogP contribution in [0.2, 0.25) is 0 Å². The Hall–Kier alpha value is -0.660. The molecule has 2 unspecified atom stereocenters. The molecule has 0 aliphatic carbocycles. The molecular weight excluding hydrogens is 284 g/mol. The summed E-state index contributed by atoms with van der Waals surface area (Å²) < 4.78 is 1.04. The van der Waals surface area contributed by atoms with E-state index in [4.69, 9.17) is 0 Å². The third kappa shape index (κ3) is 2.93. The maximum absolute atomic E-state index is 9.18. The molecule has 0 aromatic heterocycles. The van der Waals surface area contributed by atoms with E-state index in [2.05, 4.69) is 27.3 Å². The first-order valence-electron chi connectivity index (χ1n) is 5.29. The number of rotatable bonds is 3. The van der Waals surface area contributed by atoms with Gasteiger partial charge in [0.25, 0.3) is 0 Å². The van der Waals surface area contributed by atoms with Crippen LogP contribution in [0.3, 0.4) is 0 Å². The standard InChI is InChI=1S/C12H13BrN2S/c13-10-2-1-3-11(6-10)15-12(7-14)9-4-5-16-8-9/h1-3,6,9,12,15H,4-5,8H2. The van der Waals surface area contributed by atoms with Crippen molar-refractivity contribution in [1.82, 2.24) is 0 Å². The molecule has 2 nitrogen and oxygen atoms in total. The molecule has 0 spiro atoms. The first kappa shape index (κ1) is 11.8. The SMILES string of the molecule is N#CC(Nc1cccc(Br)c1)C1CCSC1. The van der Waals surface area contributed by atoms with Crippen LogP contribution in [0, 0.1) is 17.2 Å². The molecule has 1 aromatic rings. The van der Waals surface area contributed by atoms with E-state index in [0.717, 1.165) is 22.3 Å². The molecule has 1 fully saturated rings. The fourth-order valence-corrected chi connectivity index (χ4v) is 3.53. The molecule has 0 bridgehead atoms. The van der Waals surface area contributed by atoms with Crippen LogP contribution in [-0.4, -0.2) is 17.5 Å². The Morgan fingerprint density at radius 1 is 1.56 bits per heavy atom. The van der Waals surface area contributed by atoms with Crippen LogP contribution in [0.25, 0.3) is 0 Å².